The van der Waals surface area contributed by atoms with Crippen LogP contribution in [0.25, 0.3) is 0 Å². The van der Waals surface area contributed by atoms with Gasteiger partial charge in [0, 0.05) is 11.2 Å². The smallest absolute Gasteiger partial charge is 0.220 e. The highest BCUT2D eigenvalue weighted by Crippen LogP contribution is 2.43. The van der Waals surface area contributed by atoms with Crippen LogP contribution in [0.5, 0.6) is 5.75 Å². The molecule has 116 valence electrons. The first-order valence-electron chi connectivity index (χ1n) is 6.58. The number of methoxy groups -OCH3 is 1. The molecule has 2 aromatic carbocycles. The maximum absolute atomic E-state index is 12.5. The van der Waals surface area contributed by atoms with Gasteiger partial charge in [-0.05, 0) is 30.3 Å². The number of ether oxygens (including phenoxy) is 1. The van der Waals surface area contributed by atoms with E-state index in [9.17, 15) is 13.7 Å². The third kappa shape index (κ3) is 2.44. The number of fused-ring (bicyclic) bond motifs is 1. The summed E-state index contributed by atoms with van der Waals surface area (Å²) >= 11 is 6.03. The Kier molecular flexibility index (Phi) is 3.76. The van der Waals surface area contributed by atoms with E-state index >= 15 is 0 Å². The number of sulfone groups is 1. The second-order valence-corrected chi connectivity index (χ2v) is 7.09. The summed E-state index contributed by atoms with van der Waals surface area (Å²) in [6.07, 6.45) is 1.28. The van der Waals surface area contributed by atoms with Gasteiger partial charge in [-0.25, -0.2) is 8.42 Å². The molecular weight excluding hydrogens is 336 g/mol. The first kappa shape index (κ1) is 15.4. The minimum Gasteiger partial charge on any atom is -0.495 e. The molecule has 0 spiro atoms. The van der Waals surface area contributed by atoms with Crippen molar-refractivity contribution >= 4 is 32.8 Å². The molecule has 1 aliphatic rings. The van der Waals surface area contributed by atoms with Crippen molar-refractivity contribution in [1.82, 2.24) is 0 Å². The zero-order chi connectivity index (χ0) is 16.6. The standard InChI is InChI=1S/C16H11ClN2O3S/c1-22-15-5-3-2-4-13(15)19-10-12(9-18)23(20,21)16-7-6-11(17)8-14(16)19/h2-8,10H,1H3. The first-order chi connectivity index (χ1) is 11.0. The van der Waals surface area contributed by atoms with Gasteiger partial charge < -0.3 is 9.64 Å². The summed E-state index contributed by atoms with van der Waals surface area (Å²) in [5, 5.41) is 9.61. The Morgan fingerprint density at radius 2 is 1.91 bits per heavy atom. The number of anilines is 2. The fraction of sp³-hybridized carbons (Fsp3) is 0.0625. The van der Waals surface area contributed by atoms with Gasteiger partial charge in [-0.15, -0.1) is 0 Å². The molecule has 3 rings (SSSR count). The third-order valence-electron chi connectivity index (χ3n) is 3.46. The van der Waals surface area contributed by atoms with Crippen molar-refractivity contribution in [1.29, 1.82) is 5.26 Å². The van der Waals surface area contributed by atoms with Crippen molar-refractivity contribution in [2.75, 3.05) is 12.0 Å². The van der Waals surface area contributed by atoms with Crippen LogP contribution in [0.4, 0.5) is 11.4 Å². The first-order valence-corrected chi connectivity index (χ1v) is 8.44. The van der Waals surface area contributed by atoms with Crippen LogP contribution in [0.15, 0.2) is 58.5 Å². The predicted molar refractivity (Wildman–Crippen MR) is 87.5 cm³/mol. The molecule has 0 atom stereocenters. The van der Waals surface area contributed by atoms with Crippen molar-refractivity contribution in [2.45, 2.75) is 4.90 Å². The number of benzene rings is 2. The number of nitriles is 1. The van der Waals surface area contributed by atoms with Crippen molar-refractivity contribution in [3.8, 4) is 11.8 Å². The predicted octanol–water partition coefficient (Wildman–Crippen LogP) is 3.64. The minimum absolute atomic E-state index is 0.0341. The molecule has 0 aromatic heterocycles. The van der Waals surface area contributed by atoms with E-state index < -0.39 is 9.84 Å². The van der Waals surface area contributed by atoms with Gasteiger partial charge in [0.25, 0.3) is 0 Å². The van der Waals surface area contributed by atoms with Crippen LogP contribution in [0.2, 0.25) is 5.02 Å². The van der Waals surface area contributed by atoms with E-state index in [1.54, 1.807) is 41.3 Å². The molecule has 1 aliphatic heterocycles. The van der Waals surface area contributed by atoms with Gasteiger partial charge in [0.05, 0.1) is 23.4 Å². The molecule has 7 heteroatoms. The van der Waals surface area contributed by atoms with Crippen LogP contribution in [0.3, 0.4) is 0 Å². The molecule has 0 saturated carbocycles. The highest BCUT2D eigenvalue weighted by molar-refractivity contribution is 7.95. The fourth-order valence-electron chi connectivity index (χ4n) is 2.40. The number of nitrogens with zero attached hydrogens (tertiary/aromatic N) is 2. The Hall–Kier alpha value is -2.49. The molecule has 1 heterocycles. The molecule has 0 saturated heterocycles. The Labute approximate surface area is 138 Å². The monoisotopic (exact) mass is 346 g/mol. The molecular formula is C16H11ClN2O3S. The van der Waals surface area contributed by atoms with Gasteiger partial charge in [-0.2, -0.15) is 5.26 Å². The maximum atomic E-state index is 12.5. The summed E-state index contributed by atoms with van der Waals surface area (Å²) in [6, 6.07) is 13.3. The highest BCUT2D eigenvalue weighted by Gasteiger charge is 2.33. The lowest BCUT2D eigenvalue weighted by molar-refractivity contribution is 0.416. The second-order valence-electron chi connectivity index (χ2n) is 4.76. The van der Waals surface area contributed by atoms with E-state index in [4.69, 9.17) is 16.3 Å². The molecule has 0 N–H and O–H groups in total. The number of para-hydroxylation sites is 2. The highest BCUT2D eigenvalue weighted by atomic mass is 35.5. The van der Waals surface area contributed by atoms with E-state index in [2.05, 4.69) is 0 Å². The lowest BCUT2D eigenvalue weighted by atomic mass is 10.2. The van der Waals surface area contributed by atoms with Crippen molar-refractivity contribution in [3.63, 3.8) is 0 Å². The Morgan fingerprint density at radius 1 is 1.17 bits per heavy atom. The van der Waals surface area contributed by atoms with Crippen LogP contribution in [-0.4, -0.2) is 15.5 Å². The summed E-state index contributed by atoms with van der Waals surface area (Å²) in [7, 11) is -2.33. The van der Waals surface area contributed by atoms with Crippen LogP contribution in [-0.2, 0) is 9.84 Å². The summed E-state index contributed by atoms with van der Waals surface area (Å²) in [5.74, 6) is 0.547. The van der Waals surface area contributed by atoms with Crippen LogP contribution in [0.1, 0.15) is 0 Å². The molecule has 0 bridgehead atoms. The van der Waals surface area contributed by atoms with Gasteiger partial charge in [0.2, 0.25) is 9.84 Å². The zero-order valence-electron chi connectivity index (χ0n) is 12.0. The maximum Gasteiger partial charge on any atom is 0.220 e. The molecule has 5 nitrogen and oxygen atoms in total. The molecule has 0 unspecified atom stereocenters. The van der Waals surface area contributed by atoms with Gasteiger partial charge in [0.15, 0.2) is 4.91 Å². The normalized spacial score (nSPS) is 15.3. The Balaban J connectivity index is 2.34. The number of allylic oxidation sites excluding steroid dienone is 1. The summed E-state index contributed by atoms with van der Waals surface area (Å²) in [6.45, 7) is 0. The van der Waals surface area contributed by atoms with Crippen molar-refractivity contribution in [3.05, 3.63) is 58.6 Å². The lowest BCUT2D eigenvalue weighted by Crippen LogP contribution is -2.21. The summed E-state index contributed by atoms with van der Waals surface area (Å²) in [5.41, 5.74) is 0.988. The lowest BCUT2D eigenvalue weighted by Gasteiger charge is -2.28. The molecule has 0 amide bonds. The van der Waals surface area contributed by atoms with Gasteiger partial charge in [-0.3, -0.25) is 0 Å². The number of hydrogen-bond donors (Lipinski definition) is 0. The largest absolute Gasteiger partial charge is 0.495 e. The van der Waals surface area contributed by atoms with Crippen molar-refractivity contribution in [2.24, 2.45) is 0 Å². The quantitative estimate of drug-likeness (QED) is 0.830. The van der Waals surface area contributed by atoms with E-state index in [0.717, 1.165) is 0 Å². The Bertz CT molecular complexity index is 962. The third-order valence-corrected chi connectivity index (χ3v) is 5.40. The van der Waals surface area contributed by atoms with Crippen LogP contribution >= 0.6 is 11.6 Å². The second kappa shape index (κ2) is 5.61. The average molecular weight is 347 g/mol. The topological polar surface area (TPSA) is 70.4 Å². The summed E-state index contributed by atoms with van der Waals surface area (Å²) < 4.78 is 30.3. The van der Waals surface area contributed by atoms with Crippen molar-refractivity contribution < 1.29 is 13.2 Å². The molecule has 23 heavy (non-hydrogen) atoms. The molecule has 0 aliphatic carbocycles. The zero-order valence-corrected chi connectivity index (χ0v) is 13.6. The fourth-order valence-corrected chi connectivity index (χ4v) is 3.85. The van der Waals surface area contributed by atoms with Gasteiger partial charge in [-0.1, -0.05) is 23.7 Å². The average Bonchev–Trinajstić information content (AvgIpc) is 2.54. The molecule has 0 fully saturated rings. The van der Waals surface area contributed by atoms with Crippen LogP contribution < -0.4 is 9.64 Å². The molecule has 2 aromatic rings. The summed E-state index contributed by atoms with van der Waals surface area (Å²) in [4.78, 5) is 1.30. The van der Waals surface area contributed by atoms with E-state index in [1.165, 1.54) is 25.4 Å². The van der Waals surface area contributed by atoms with Gasteiger partial charge >= 0.3 is 0 Å². The Morgan fingerprint density at radius 3 is 2.61 bits per heavy atom. The SMILES string of the molecule is COc1ccccc1N1C=C(C#N)S(=O)(=O)c2ccc(Cl)cc21. The molecule has 0 radical (unpaired) electrons. The number of hydrogen-bond acceptors (Lipinski definition) is 5. The van der Waals surface area contributed by atoms with E-state index in [-0.39, 0.29) is 9.80 Å². The van der Waals surface area contributed by atoms with Gasteiger partial charge in [0.1, 0.15) is 11.8 Å². The van der Waals surface area contributed by atoms with E-state index in [0.29, 0.717) is 22.1 Å². The number of halogens is 1. The van der Waals surface area contributed by atoms with Crippen LogP contribution in [0, 0.1) is 11.3 Å². The minimum atomic E-state index is -3.85. The van der Waals surface area contributed by atoms with E-state index in [1.807, 2.05) is 0 Å². The number of rotatable bonds is 2.